The summed E-state index contributed by atoms with van der Waals surface area (Å²) in [5.74, 6) is 0.0337. The Bertz CT molecular complexity index is 919. The molecule has 0 fully saturated rings. The number of hydrogen-bond donors (Lipinski definition) is 0. The van der Waals surface area contributed by atoms with Crippen LogP contribution in [0.3, 0.4) is 0 Å². The molecule has 0 radical (unpaired) electrons. The highest BCUT2D eigenvalue weighted by Crippen LogP contribution is 2.27. The van der Waals surface area contributed by atoms with Crippen LogP contribution in [0.5, 0.6) is 5.75 Å². The minimum Gasteiger partial charge on any atom is -0.497 e. The van der Waals surface area contributed by atoms with Crippen molar-refractivity contribution in [2.24, 2.45) is 4.99 Å². The maximum Gasteiger partial charge on any atom is 0.363 e. The Hall–Kier alpha value is -3.19. The Morgan fingerprint density at radius 3 is 2.56 bits per heavy atom. The van der Waals surface area contributed by atoms with Crippen LogP contribution in [0.4, 0.5) is 5.69 Å². The lowest BCUT2D eigenvalue weighted by Gasteiger charge is -2.05. The predicted octanol–water partition coefficient (Wildman–Crippen LogP) is 3.60. The summed E-state index contributed by atoms with van der Waals surface area (Å²) in [6.45, 7) is 0. The van der Waals surface area contributed by atoms with Gasteiger partial charge in [0.05, 0.1) is 22.6 Å². The number of hydrogen-bond acceptors (Lipinski definition) is 6. The summed E-state index contributed by atoms with van der Waals surface area (Å²) < 4.78 is 10.2. The lowest BCUT2D eigenvalue weighted by Crippen LogP contribution is -2.06. The van der Waals surface area contributed by atoms with Gasteiger partial charge in [-0.1, -0.05) is 11.6 Å². The number of carbonyl (C=O) groups excluding carboxylic acids is 1. The number of rotatable bonds is 4. The second-order valence-electron chi connectivity index (χ2n) is 5.03. The largest absolute Gasteiger partial charge is 0.497 e. The number of non-ortho nitro benzene ring substituents is 1. The van der Waals surface area contributed by atoms with Crippen LogP contribution < -0.4 is 4.74 Å². The van der Waals surface area contributed by atoms with Gasteiger partial charge in [-0.15, -0.1) is 0 Å². The van der Waals surface area contributed by atoms with Crippen molar-refractivity contribution in [2.75, 3.05) is 7.11 Å². The van der Waals surface area contributed by atoms with E-state index in [9.17, 15) is 14.9 Å². The van der Waals surface area contributed by atoms with Gasteiger partial charge in [0.2, 0.25) is 5.90 Å². The van der Waals surface area contributed by atoms with Crippen molar-refractivity contribution in [2.45, 2.75) is 0 Å². The van der Waals surface area contributed by atoms with E-state index >= 15 is 0 Å². The van der Waals surface area contributed by atoms with Crippen molar-refractivity contribution in [1.29, 1.82) is 0 Å². The second kappa shape index (κ2) is 6.74. The van der Waals surface area contributed by atoms with E-state index < -0.39 is 10.9 Å². The molecule has 7 nitrogen and oxygen atoms in total. The molecule has 1 aliphatic heterocycles. The molecule has 1 aliphatic rings. The monoisotopic (exact) mass is 358 g/mol. The summed E-state index contributed by atoms with van der Waals surface area (Å²) in [7, 11) is 1.52. The smallest absolute Gasteiger partial charge is 0.363 e. The standard InChI is InChI=1S/C17H11ClN2O5/c1-24-12-6-7-13(14(18)9-12)16-19-15(17(21)25-16)8-10-2-4-11(5-3-10)20(22)23/h2-9H,1H3. The van der Waals surface area contributed by atoms with Gasteiger partial charge >= 0.3 is 5.97 Å². The lowest BCUT2D eigenvalue weighted by molar-refractivity contribution is -0.384. The molecule has 0 saturated carbocycles. The summed E-state index contributed by atoms with van der Waals surface area (Å²) in [6.07, 6.45) is 1.48. The summed E-state index contributed by atoms with van der Waals surface area (Å²) in [5, 5.41) is 11.0. The number of ether oxygens (including phenoxy) is 2. The van der Waals surface area contributed by atoms with Crippen molar-refractivity contribution in [3.05, 3.63) is 74.4 Å². The maximum absolute atomic E-state index is 12.0. The summed E-state index contributed by atoms with van der Waals surface area (Å²) >= 11 is 6.16. The van der Waals surface area contributed by atoms with Gasteiger partial charge in [-0.25, -0.2) is 9.79 Å². The molecule has 25 heavy (non-hydrogen) atoms. The van der Waals surface area contributed by atoms with Gasteiger partial charge < -0.3 is 9.47 Å². The zero-order chi connectivity index (χ0) is 18.0. The Kier molecular flexibility index (Phi) is 4.49. The number of carbonyl (C=O) groups is 1. The van der Waals surface area contributed by atoms with Crippen LogP contribution in [0, 0.1) is 10.1 Å². The van der Waals surface area contributed by atoms with Crippen LogP contribution in [0.25, 0.3) is 6.08 Å². The first-order chi connectivity index (χ1) is 12.0. The summed E-state index contributed by atoms with van der Waals surface area (Å²) in [4.78, 5) is 26.3. The van der Waals surface area contributed by atoms with E-state index in [1.165, 1.54) is 37.5 Å². The van der Waals surface area contributed by atoms with E-state index in [2.05, 4.69) is 4.99 Å². The maximum atomic E-state index is 12.0. The molecule has 0 amide bonds. The number of halogens is 1. The van der Waals surface area contributed by atoms with Crippen LogP contribution in [-0.4, -0.2) is 23.9 Å². The van der Waals surface area contributed by atoms with Crippen LogP contribution in [0.2, 0.25) is 5.02 Å². The molecule has 0 aromatic heterocycles. The fourth-order valence-electron chi connectivity index (χ4n) is 2.17. The van der Waals surface area contributed by atoms with Crippen molar-refractivity contribution >= 4 is 35.2 Å². The zero-order valence-electron chi connectivity index (χ0n) is 12.9. The van der Waals surface area contributed by atoms with E-state index in [0.717, 1.165) is 0 Å². The lowest BCUT2D eigenvalue weighted by atomic mass is 10.2. The normalized spacial score (nSPS) is 15.0. The van der Waals surface area contributed by atoms with Crippen LogP contribution in [0.1, 0.15) is 11.1 Å². The zero-order valence-corrected chi connectivity index (χ0v) is 13.7. The topological polar surface area (TPSA) is 91.0 Å². The molecule has 3 rings (SSSR count). The van der Waals surface area contributed by atoms with Gasteiger partial charge in [-0.3, -0.25) is 10.1 Å². The van der Waals surface area contributed by atoms with Crippen LogP contribution in [0.15, 0.2) is 53.2 Å². The first kappa shape index (κ1) is 16.7. The van der Waals surface area contributed by atoms with E-state index in [-0.39, 0.29) is 17.3 Å². The third-order valence-electron chi connectivity index (χ3n) is 3.43. The minimum atomic E-state index is -0.625. The number of benzene rings is 2. The van der Waals surface area contributed by atoms with Gasteiger partial charge in [-0.2, -0.15) is 0 Å². The van der Waals surface area contributed by atoms with Gasteiger partial charge in [-0.05, 0) is 42.0 Å². The number of methoxy groups -OCH3 is 1. The molecule has 0 N–H and O–H groups in total. The number of nitro benzene ring substituents is 1. The first-order valence-corrected chi connectivity index (χ1v) is 7.46. The Morgan fingerprint density at radius 2 is 1.96 bits per heavy atom. The van der Waals surface area contributed by atoms with E-state index in [0.29, 0.717) is 21.9 Å². The first-order valence-electron chi connectivity index (χ1n) is 7.09. The number of cyclic esters (lactones) is 1. The fourth-order valence-corrected chi connectivity index (χ4v) is 2.42. The van der Waals surface area contributed by atoms with Crippen LogP contribution in [-0.2, 0) is 9.53 Å². The van der Waals surface area contributed by atoms with Gasteiger partial charge in [0.25, 0.3) is 5.69 Å². The molecule has 2 aromatic rings. The average Bonchev–Trinajstić information content (AvgIpc) is 2.95. The molecule has 8 heteroatoms. The molecular weight excluding hydrogens is 348 g/mol. The molecule has 0 bridgehead atoms. The molecule has 0 atom stereocenters. The summed E-state index contributed by atoms with van der Waals surface area (Å²) in [6, 6.07) is 10.6. The number of aliphatic imine (C=N–C) groups is 1. The van der Waals surface area contributed by atoms with E-state index in [1.807, 2.05) is 0 Å². The highest BCUT2D eigenvalue weighted by molar-refractivity contribution is 6.34. The number of esters is 1. The molecule has 2 aromatic carbocycles. The fraction of sp³-hybridized carbons (Fsp3) is 0.0588. The average molecular weight is 359 g/mol. The molecule has 0 spiro atoms. The summed E-state index contributed by atoms with van der Waals surface area (Å²) in [5.41, 5.74) is 1.09. The number of nitro groups is 1. The quantitative estimate of drug-likeness (QED) is 0.360. The van der Waals surface area contributed by atoms with E-state index in [4.69, 9.17) is 21.1 Å². The highest BCUT2D eigenvalue weighted by atomic mass is 35.5. The van der Waals surface area contributed by atoms with Crippen molar-refractivity contribution < 1.29 is 19.2 Å². The molecule has 0 saturated heterocycles. The molecule has 126 valence electrons. The Balaban J connectivity index is 1.90. The second-order valence-corrected chi connectivity index (χ2v) is 5.44. The van der Waals surface area contributed by atoms with Crippen molar-refractivity contribution in [1.82, 2.24) is 0 Å². The van der Waals surface area contributed by atoms with Gasteiger partial charge in [0, 0.05) is 12.1 Å². The molecule has 1 heterocycles. The molecule has 0 unspecified atom stereocenters. The molecular formula is C17H11ClN2O5. The minimum absolute atomic E-state index is 0.0367. The van der Waals surface area contributed by atoms with E-state index in [1.54, 1.807) is 18.2 Å². The Morgan fingerprint density at radius 1 is 1.24 bits per heavy atom. The SMILES string of the molecule is COc1ccc(C2=NC(=Cc3ccc([N+](=O)[O-])cc3)C(=O)O2)c(Cl)c1. The Labute approximate surface area is 147 Å². The van der Waals surface area contributed by atoms with Crippen molar-refractivity contribution in [3.8, 4) is 5.75 Å². The predicted molar refractivity (Wildman–Crippen MR) is 91.7 cm³/mol. The number of nitrogens with zero attached hydrogens (tertiary/aromatic N) is 2. The van der Waals surface area contributed by atoms with Gasteiger partial charge in [0.1, 0.15) is 5.75 Å². The molecule has 0 aliphatic carbocycles. The third kappa shape index (κ3) is 3.51. The highest BCUT2D eigenvalue weighted by Gasteiger charge is 2.25. The van der Waals surface area contributed by atoms with Gasteiger partial charge in [0.15, 0.2) is 5.70 Å². The van der Waals surface area contributed by atoms with Crippen LogP contribution >= 0.6 is 11.6 Å². The van der Waals surface area contributed by atoms with Crippen molar-refractivity contribution in [3.63, 3.8) is 0 Å². The third-order valence-corrected chi connectivity index (χ3v) is 3.75.